The number of pyridine rings is 1. The van der Waals surface area contributed by atoms with Gasteiger partial charge in [-0.15, -0.1) is 0 Å². The zero-order valence-electron chi connectivity index (χ0n) is 9.25. The fraction of sp³-hybridized carbons (Fsp3) is 0.0769. The third kappa shape index (κ3) is 2.10. The predicted octanol–water partition coefficient (Wildman–Crippen LogP) is 2.46. The second-order valence-electron chi connectivity index (χ2n) is 3.43. The molecule has 1 aromatic heterocycles. The molecule has 0 saturated heterocycles. The summed E-state index contributed by atoms with van der Waals surface area (Å²) in [5, 5.41) is 9.08. The molecule has 0 bridgehead atoms. The van der Waals surface area contributed by atoms with E-state index < -0.39 is 5.97 Å². The highest BCUT2D eigenvalue weighted by molar-refractivity contribution is 5.94. The van der Waals surface area contributed by atoms with Gasteiger partial charge in [-0.25, -0.2) is 4.79 Å². The summed E-state index contributed by atoms with van der Waals surface area (Å²) in [5.41, 5.74) is 1.77. The van der Waals surface area contributed by atoms with Gasteiger partial charge < -0.3 is 9.84 Å². The average Bonchev–Trinajstić information content (AvgIpc) is 2.38. The average molecular weight is 229 g/mol. The van der Waals surface area contributed by atoms with Gasteiger partial charge >= 0.3 is 5.97 Å². The third-order valence-corrected chi connectivity index (χ3v) is 2.44. The van der Waals surface area contributed by atoms with E-state index in [1.165, 1.54) is 13.2 Å². The highest BCUT2D eigenvalue weighted by atomic mass is 16.5. The Balaban J connectivity index is 2.63. The molecule has 4 heteroatoms. The smallest absolute Gasteiger partial charge is 0.339 e. The van der Waals surface area contributed by atoms with Crippen molar-refractivity contribution in [1.29, 1.82) is 0 Å². The number of nitrogens with zero attached hydrogens (tertiary/aromatic N) is 1. The van der Waals surface area contributed by atoms with E-state index >= 15 is 0 Å². The van der Waals surface area contributed by atoms with Crippen molar-refractivity contribution in [1.82, 2.24) is 4.98 Å². The second kappa shape index (κ2) is 4.65. The first-order valence-electron chi connectivity index (χ1n) is 5.04. The first-order valence-corrected chi connectivity index (χ1v) is 5.04. The maximum absolute atomic E-state index is 11.1. The van der Waals surface area contributed by atoms with Gasteiger partial charge in [-0.2, -0.15) is 0 Å². The molecule has 1 aromatic carbocycles. The monoisotopic (exact) mass is 229 g/mol. The van der Waals surface area contributed by atoms with Crippen LogP contribution in [0.15, 0.2) is 42.7 Å². The first-order chi connectivity index (χ1) is 8.24. The van der Waals surface area contributed by atoms with E-state index in [-0.39, 0.29) is 5.56 Å². The van der Waals surface area contributed by atoms with E-state index in [0.29, 0.717) is 5.75 Å². The number of carboxylic acids is 1. The van der Waals surface area contributed by atoms with E-state index in [1.807, 2.05) is 18.2 Å². The minimum Gasteiger partial charge on any atom is -0.495 e. The number of rotatable bonds is 3. The van der Waals surface area contributed by atoms with Crippen molar-refractivity contribution in [3.63, 3.8) is 0 Å². The molecule has 1 N–H and O–H groups in total. The summed E-state index contributed by atoms with van der Waals surface area (Å²) in [5.74, 6) is -0.635. The van der Waals surface area contributed by atoms with Crippen molar-refractivity contribution in [2.24, 2.45) is 0 Å². The highest BCUT2D eigenvalue weighted by Gasteiger charge is 2.15. The summed E-state index contributed by atoms with van der Waals surface area (Å²) >= 11 is 0. The number of carbonyl (C=O) groups is 1. The van der Waals surface area contributed by atoms with Crippen molar-refractivity contribution < 1.29 is 14.6 Å². The van der Waals surface area contributed by atoms with Gasteiger partial charge in [0, 0.05) is 18.0 Å². The summed E-state index contributed by atoms with van der Waals surface area (Å²) in [4.78, 5) is 15.0. The molecule has 0 aliphatic carbocycles. The number of hydrogen-bond acceptors (Lipinski definition) is 3. The van der Waals surface area contributed by atoms with Gasteiger partial charge in [0.1, 0.15) is 11.3 Å². The molecule has 0 atom stereocenters. The van der Waals surface area contributed by atoms with Gasteiger partial charge in [0.25, 0.3) is 0 Å². The number of aromatic carboxylic acids is 1. The molecular weight excluding hydrogens is 218 g/mol. The quantitative estimate of drug-likeness (QED) is 0.878. The van der Waals surface area contributed by atoms with Crippen molar-refractivity contribution in [2.75, 3.05) is 7.11 Å². The molecule has 2 aromatic rings. The number of para-hydroxylation sites is 1. The molecule has 0 saturated carbocycles. The number of aromatic nitrogens is 1. The molecule has 86 valence electrons. The van der Waals surface area contributed by atoms with Crippen LogP contribution in [0.25, 0.3) is 11.1 Å². The molecule has 2 rings (SSSR count). The van der Waals surface area contributed by atoms with Gasteiger partial charge in [-0.05, 0) is 23.8 Å². The van der Waals surface area contributed by atoms with Crippen LogP contribution in [-0.4, -0.2) is 23.2 Å². The first kappa shape index (κ1) is 11.1. The molecule has 0 radical (unpaired) electrons. The van der Waals surface area contributed by atoms with Gasteiger partial charge in [0.05, 0.1) is 7.11 Å². The maximum atomic E-state index is 11.1. The van der Waals surface area contributed by atoms with E-state index in [1.54, 1.807) is 18.5 Å². The second-order valence-corrected chi connectivity index (χ2v) is 3.43. The minimum atomic E-state index is -1.00. The number of methoxy groups -OCH3 is 1. The normalized spacial score (nSPS) is 9.94. The molecule has 0 aliphatic heterocycles. The summed E-state index contributed by atoms with van der Waals surface area (Å²) in [6.45, 7) is 0. The van der Waals surface area contributed by atoms with Crippen LogP contribution < -0.4 is 4.74 Å². The van der Waals surface area contributed by atoms with Crippen LogP contribution in [0.5, 0.6) is 5.75 Å². The van der Waals surface area contributed by atoms with Crippen LogP contribution in [0.2, 0.25) is 0 Å². The Morgan fingerprint density at radius 2 is 1.94 bits per heavy atom. The maximum Gasteiger partial charge on any atom is 0.339 e. The van der Waals surface area contributed by atoms with Crippen LogP contribution in [-0.2, 0) is 0 Å². The molecule has 0 amide bonds. The molecule has 0 spiro atoms. The van der Waals surface area contributed by atoms with Gasteiger partial charge in [0.2, 0.25) is 0 Å². The fourth-order valence-corrected chi connectivity index (χ4v) is 1.68. The lowest BCUT2D eigenvalue weighted by molar-refractivity contribution is 0.0693. The third-order valence-electron chi connectivity index (χ3n) is 2.44. The van der Waals surface area contributed by atoms with Gasteiger partial charge in [-0.1, -0.05) is 12.1 Å². The van der Waals surface area contributed by atoms with E-state index in [2.05, 4.69) is 4.98 Å². The molecule has 4 nitrogen and oxygen atoms in total. The molecule has 17 heavy (non-hydrogen) atoms. The molecule has 0 fully saturated rings. The topological polar surface area (TPSA) is 59.4 Å². The number of benzene rings is 1. The predicted molar refractivity (Wildman–Crippen MR) is 63.2 cm³/mol. The number of carboxylic acid groups (broad SMARTS) is 1. The number of hydrogen-bond donors (Lipinski definition) is 1. The Kier molecular flexibility index (Phi) is 3.05. The largest absolute Gasteiger partial charge is 0.495 e. The van der Waals surface area contributed by atoms with Crippen LogP contribution >= 0.6 is 0 Å². The SMILES string of the molecule is COc1c(C(=O)O)cccc1-c1ccncc1. The van der Waals surface area contributed by atoms with E-state index in [9.17, 15) is 4.79 Å². The van der Waals surface area contributed by atoms with Crippen LogP contribution in [0.4, 0.5) is 0 Å². The molecule has 0 unspecified atom stereocenters. The summed E-state index contributed by atoms with van der Waals surface area (Å²) in [6.07, 6.45) is 3.31. The number of ether oxygens (including phenoxy) is 1. The molecule has 1 heterocycles. The van der Waals surface area contributed by atoms with E-state index in [0.717, 1.165) is 11.1 Å². The lowest BCUT2D eigenvalue weighted by Gasteiger charge is -2.10. The zero-order valence-corrected chi connectivity index (χ0v) is 9.25. The van der Waals surface area contributed by atoms with Crippen molar-refractivity contribution in [2.45, 2.75) is 0 Å². The Morgan fingerprint density at radius 1 is 1.24 bits per heavy atom. The Morgan fingerprint density at radius 3 is 2.53 bits per heavy atom. The lowest BCUT2D eigenvalue weighted by atomic mass is 10.0. The summed E-state index contributed by atoms with van der Waals surface area (Å²) < 4.78 is 5.19. The van der Waals surface area contributed by atoms with Gasteiger partial charge in [-0.3, -0.25) is 4.98 Å². The Labute approximate surface area is 98.5 Å². The Bertz CT molecular complexity index is 538. The summed E-state index contributed by atoms with van der Waals surface area (Å²) in [6, 6.07) is 8.65. The van der Waals surface area contributed by atoms with Crippen molar-refractivity contribution in [3.8, 4) is 16.9 Å². The van der Waals surface area contributed by atoms with Crippen molar-refractivity contribution >= 4 is 5.97 Å². The van der Waals surface area contributed by atoms with Crippen LogP contribution in [0.1, 0.15) is 10.4 Å². The van der Waals surface area contributed by atoms with Crippen molar-refractivity contribution in [3.05, 3.63) is 48.3 Å². The lowest BCUT2D eigenvalue weighted by Crippen LogP contribution is -2.01. The molecular formula is C13H11NO3. The van der Waals surface area contributed by atoms with Crippen LogP contribution in [0, 0.1) is 0 Å². The molecule has 0 aliphatic rings. The standard InChI is InChI=1S/C13H11NO3/c1-17-12-10(9-5-7-14-8-6-9)3-2-4-11(12)13(15)16/h2-8H,1H3,(H,15,16). The highest BCUT2D eigenvalue weighted by Crippen LogP contribution is 2.32. The fourth-order valence-electron chi connectivity index (χ4n) is 1.68. The minimum absolute atomic E-state index is 0.154. The Hall–Kier alpha value is -2.36. The van der Waals surface area contributed by atoms with E-state index in [4.69, 9.17) is 9.84 Å². The zero-order chi connectivity index (χ0) is 12.3. The van der Waals surface area contributed by atoms with Crippen LogP contribution in [0.3, 0.4) is 0 Å². The summed E-state index contributed by atoms with van der Waals surface area (Å²) in [7, 11) is 1.46. The van der Waals surface area contributed by atoms with Gasteiger partial charge in [0.15, 0.2) is 0 Å².